The van der Waals surface area contributed by atoms with Gasteiger partial charge in [0.25, 0.3) is 5.91 Å². The first-order valence-corrected chi connectivity index (χ1v) is 7.54. The maximum Gasteiger partial charge on any atom is 0.256 e. The van der Waals surface area contributed by atoms with Crippen molar-refractivity contribution in [2.45, 2.75) is 13.5 Å². The molecular weight excluding hydrogens is 300 g/mol. The predicted molar refractivity (Wildman–Crippen MR) is 91.6 cm³/mol. The quantitative estimate of drug-likeness (QED) is 0.802. The van der Waals surface area contributed by atoms with E-state index in [-0.39, 0.29) is 5.91 Å². The summed E-state index contributed by atoms with van der Waals surface area (Å²) in [6, 6.07) is 18.5. The molecule has 1 amide bonds. The lowest BCUT2D eigenvalue weighted by molar-refractivity contribution is 0.102. The average Bonchev–Trinajstić information content (AvgIpc) is 3.01. The Labute approximate surface area is 140 Å². The molecule has 0 atom stereocenters. The third-order valence-corrected chi connectivity index (χ3v) is 3.56. The van der Waals surface area contributed by atoms with E-state index in [0.717, 1.165) is 5.56 Å². The smallest absolute Gasteiger partial charge is 0.256 e. The van der Waals surface area contributed by atoms with Crippen LogP contribution in [0.15, 0.2) is 60.8 Å². The SMILES string of the molecule is Cc1cccc(Cn2ccc(NC(=O)c3cccc(C#N)c3)n2)c1. The van der Waals surface area contributed by atoms with Crippen molar-refractivity contribution in [1.82, 2.24) is 9.78 Å². The summed E-state index contributed by atoms with van der Waals surface area (Å²) >= 11 is 0. The van der Waals surface area contributed by atoms with Gasteiger partial charge in [0.1, 0.15) is 0 Å². The summed E-state index contributed by atoms with van der Waals surface area (Å²) in [7, 11) is 0. The molecule has 0 saturated heterocycles. The van der Waals surface area contributed by atoms with E-state index >= 15 is 0 Å². The van der Waals surface area contributed by atoms with Gasteiger partial charge in [0, 0.05) is 17.8 Å². The minimum absolute atomic E-state index is 0.284. The van der Waals surface area contributed by atoms with Crippen molar-refractivity contribution in [3.8, 4) is 6.07 Å². The number of carbonyl (C=O) groups is 1. The van der Waals surface area contributed by atoms with Gasteiger partial charge in [-0.1, -0.05) is 35.9 Å². The standard InChI is InChI=1S/C19H16N4O/c1-14-4-2-6-16(10-14)13-23-9-8-18(22-23)21-19(24)17-7-3-5-15(11-17)12-20/h2-11H,13H2,1H3,(H,21,22,24). The Morgan fingerprint density at radius 1 is 1.21 bits per heavy atom. The molecule has 0 aliphatic carbocycles. The second-order valence-corrected chi connectivity index (χ2v) is 5.53. The van der Waals surface area contributed by atoms with Crippen LogP contribution in [-0.4, -0.2) is 15.7 Å². The number of hydrogen-bond acceptors (Lipinski definition) is 3. The van der Waals surface area contributed by atoms with Crippen LogP contribution in [0.3, 0.4) is 0 Å². The zero-order valence-electron chi connectivity index (χ0n) is 13.2. The molecule has 118 valence electrons. The number of nitriles is 1. The number of nitrogens with zero attached hydrogens (tertiary/aromatic N) is 3. The van der Waals surface area contributed by atoms with E-state index in [1.54, 1.807) is 35.0 Å². The van der Waals surface area contributed by atoms with E-state index in [9.17, 15) is 4.79 Å². The maximum absolute atomic E-state index is 12.2. The molecule has 0 saturated carbocycles. The number of aryl methyl sites for hydroxylation is 1. The van der Waals surface area contributed by atoms with E-state index in [1.807, 2.05) is 37.4 Å². The highest BCUT2D eigenvalue weighted by Gasteiger charge is 2.09. The highest BCUT2D eigenvalue weighted by Crippen LogP contribution is 2.11. The molecule has 0 aliphatic rings. The fourth-order valence-electron chi connectivity index (χ4n) is 2.43. The van der Waals surface area contributed by atoms with Gasteiger partial charge in [0.2, 0.25) is 0 Å². The highest BCUT2D eigenvalue weighted by atomic mass is 16.1. The molecule has 5 nitrogen and oxygen atoms in total. The number of anilines is 1. The summed E-state index contributed by atoms with van der Waals surface area (Å²) in [5, 5.41) is 16.0. The lowest BCUT2D eigenvalue weighted by Gasteiger charge is -2.04. The third kappa shape index (κ3) is 3.68. The van der Waals surface area contributed by atoms with Gasteiger partial charge >= 0.3 is 0 Å². The topological polar surface area (TPSA) is 70.7 Å². The van der Waals surface area contributed by atoms with E-state index in [2.05, 4.69) is 16.5 Å². The predicted octanol–water partition coefficient (Wildman–Crippen LogP) is 3.36. The number of rotatable bonds is 4. The lowest BCUT2D eigenvalue weighted by Crippen LogP contribution is -2.13. The first-order chi connectivity index (χ1) is 11.6. The van der Waals surface area contributed by atoms with Crippen molar-refractivity contribution in [3.63, 3.8) is 0 Å². The van der Waals surface area contributed by atoms with Gasteiger partial charge in [-0.2, -0.15) is 10.4 Å². The van der Waals surface area contributed by atoms with Crippen LogP contribution in [0.2, 0.25) is 0 Å². The van der Waals surface area contributed by atoms with E-state index in [4.69, 9.17) is 5.26 Å². The van der Waals surface area contributed by atoms with E-state index in [0.29, 0.717) is 23.5 Å². The Kier molecular flexibility index (Phi) is 4.39. The van der Waals surface area contributed by atoms with Crippen molar-refractivity contribution >= 4 is 11.7 Å². The van der Waals surface area contributed by atoms with Crippen molar-refractivity contribution in [2.24, 2.45) is 0 Å². The van der Waals surface area contributed by atoms with Crippen molar-refractivity contribution in [1.29, 1.82) is 5.26 Å². The summed E-state index contributed by atoms with van der Waals surface area (Å²) in [4.78, 5) is 12.2. The maximum atomic E-state index is 12.2. The van der Waals surface area contributed by atoms with Gasteiger partial charge in [0.15, 0.2) is 5.82 Å². The van der Waals surface area contributed by atoms with Crippen molar-refractivity contribution < 1.29 is 4.79 Å². The third-order valence-electron chi connectivity index (χ3n) is 3.56. The monoisotopic (exact) mass is 316 g/mol. The molecule has 3 aromatic rings. The second kappa shape index (κ2) is 6.80. The Bertz CT molecular complexity index is 921. The zero-order chi connectivity index (χ0) is 16.9. The summed E-state index contributed by atoms with van der Waals surface area (Å²) in [6.07, 6.45) is 1.82. The molecule has 0 bridgehead atoms. The first kappa shape index (κ1) is 15.5. The second-order valence-electron chi connectivity index (χ2n) is 5.53. The zero-order valence-corrected chi connectivity index (χ0v) is 13.2. The summed E-state index contributed by atoms with van der Waals surface area (Å²) in [5.74, 6) is 0.197. The van der Waals surface area contributed by atoms with Crippen LogP contribution in [-0.2, 0) is 6.54 Å². The largest absolute Gasteiger partial charge is 0.305 e. The molecule has 0 fully saturated rings. The van der Waals surface area contributed by atoms with Crippen molar-refractivity contribution in [3.05, 3.63) is 83.0 Å². The molecule has 24 heavy (non-hydrogen) atoms. The molecule has 3 rings (SSSR count). The molecule has 0 radical (unpaired) electrons. The van der Waals surface area contributed by atoms with Gasteiger partial charge in [0.05, 0.1) is 18.2 Å². The number of aromatic nitrogens is 2. The van der Waals surface area contributed by atoms with Gasteiger partial charge in [-0.25, -0.2) is 0 Å². The van der Waals surface area contributed by atoms with Crippen LogP contribution in [0, 0.1) is 18.3 Å². The van der Waals surface area contributed by atoms with Gasteiger partial charge in [-0.3, -0.25) is 9.48 Å². The minimum Gasteiger partial charge on any atom is -0.305 e. The lowest BCUT2D eigenvalue weighted by atomic mass is 10.1. The molecule has 2 aromatic carbocycles. The number of carbonyl (C=O) groups excluding carboxylic acids is 1. The molecule has 1 heterocycles. The van der Waals surface area contributed by atoms with Gasteiger partial charge in [-0.15, -0.1) is 0 Å². The summed E-state index contributed by atoms with van der Waals surface area (Å²) < 4.78 is 1.77. The Morgan fingerprint density at radius 2 is 2.04 bits per heavy atom. The van der Waals surface area contributed by atoms with Crippen LogP contribution >= 0.6 is 0 Å². The molecular formula is C19H16N4O. The van der Waals surface area contributed by atoms with E-state index < -0.39 is 0 Å². The summed E-state index contributed by atoms with van der Waals surface area (Å²) in [5.41, 5.74) is 3.23. The molecule has 1 N–H and O–H groups in total. The van der Waals surface area contributed by atoms with Crippen LogP contribution in [0.1, 0.15) is 27.0 Å². The molecule has 0 aliphatic heterocycles. The molecule has 5 heteroatoms. The fraction of sp³-hybridized carbons (Fsp3) is 0.105. The minimum atomic E-state index is -0.284. The normalized spacial score (nSPS) is 10.2. The van der Waals surface area contributed by atoms with Gasteiger partial charge < -0.3 is 5.32 Å². The summed E-state index contributed by atoms with van der Waals surface area (Å²) in [6.45, 7) is 2.69. The van der Waals surface area contributed by atoms with Crippen LogP contribution in [0.4, 0.5) is 5.82 Å². The van der Waals surface area contributed by atoms with Crippen LogP contribution in [0.5, 0.6) is 0 Å². The van der Waals surface area contributed by atoms with Crippen LogP contribution < -0.4 is 5.32 Å². The fourth-order valence-corrected chi connectivity index (χ4v) is 2.43. The molecule has 1 aromatic heterocycles. The Balaban J connectivity index is 1.69. The first-order valence-electron chi connectivity index (χ1n) is 7.54. The van der Waals surface area contributed by atoms with Crippen molar-refractivity contribution in [2.75, 3.05) is 5.32 Å². The Hall–Kier alpha value is -3.39. The van der Waals surface area contributed by atoms with Crippen LogP contribution in [0.25, 0.3) is 0 Å². The number of nitrogens with one attached hydrogen (secondary N) is 1. The number of amides is 1. The number of hydrogen-bond donors (Lipinski definition) is 1. The average molecular weight is 316 g/mol. The highest BCUT2D eigenvalue weighted by molar-refractivity contribution is 6.03. The Morgan fingerprint density at radius 3 is 2.83 bits per heavy atom. The molecule has 0 unspecified atom stereocenters. The number of benzene rings is 2. The molecule has 0 spiro atoms. The van der Waals surface area contributed by atoms with E-state index in [1.165, 1.54) is 5.56 Å². The van der Waals surface area contributed by atoms with Gasteiger partial charge in [-0.05, 0) is 30.7 Å².